The predicted molar refractivity (Wildman–Crippen MR) is 70.9 cm³/mol. The number of nitrogens with two attached hydrogens (primary N) is 1. The molecular weight excluding hydrogens is 299 g/mol. The van der Waals surface area contributed by atoms with Gasteiger partial charge in [0.2, 0.25) is 0 Å². The van der Waals surface area contributed by atoms with Crippen molar-refractivity contribution in [3.8, 4) is 5.75 Å². The quantitative estimate of drug-likeness (QED) is 0.948. The van der Waals surface area contributed by atoms with Gasteiger partial charge in [-0.25, -0.2) is 4.39 Å². The summed E-state index contributed by atoms with van der Waals surface area (Å²) in [7, 11) is 1.53. The van der Waals surface area contributed by atoms with Crippen LogP contribution in [-0.4, -0.2) is 12.1 Å². The van der Waals surface area contributed by atoms with E-state index in [1.807, 2.05) is 0 Å². The number of benzene rings is 1. The fourth-order valence-electron chi connectivity index (χ4n) is 1.75. The first-order valence-corrected chi connectivity index (χ1v) is 6.12. The number of pyridine rings is 1. The van der Waals surface area contributed by atoms with Crippen LogP contribution in [0.2, 0.25) is 0 Å². The Labute approximate surface area is 113 Å². The van der Waals surface area contributed by atoms with E-state index >= 15 is 0 Å². The van der Waals surface area contributed by atoms with Gasteiger partial charge in [-0.15, -0.1) is 0 Å². The molecule has 0 bridgehead atoms. The van der Waals surface area contributed by atoms with Gasteiger partial charge in [0.1, 0.15) is 11.6 Å². The van der Waals surface area contributed by atoms with Crippen molar-refractivity contribution in [1.82, 2.24) is 4.98 Å². The van der Waals surface area contributed by atoms with E-state index in [1.54, 1.807) is 36.7 Å². The van der Waals surface area contributed by atoms with Crippen LogP contribution in [-0.2, 0) is 0 Å². The van der Waals surface area contributed by atoms with Crippen molar-refractivity contribution in [3.05, 3.63) is 58.1 Å². The van der Waals surface area contributed by atoms with Crippen molar-refractivity contribution >= 4 is 15.9 Å². The molecule has 5 heteroatoms. The molecule has 3 nitrogen and oxygen atoms in total. The zero-order chi connectivity index (χ0) is 13.1. The van der Waals surface area contributed by atoms with Crippen LogP contribution < -0.4 is 10.5 Å². The number of methoxy groups -OCH3 is 1. The van der Waals surface area contributed by atoms with Crippen molar-refractivity contribution in [3.63, 3.8) is 0 Å². The smallest absolute Gasteiger partial charge is 0.142 e. The molecule has 94 valence electrons. The average Bonchev–Trinajstić information content (AvgIpc) is 2.41. The summed E-state index contributed by atoms with van der Waals surface area (Å²) in [5.41, 5.74) is 7.20. The first-order chi connectivity index (χ1) is 8.65. The van der Waals surface area contributed by atoms with Crippen LogP contribution in [0.15, 0.2) is 41.1 Å². The van der Waals surface area contributed by atoms with Crippen LogP contribution in [0.5, 0.6) is 5.75 Å². The van der Waals surface area contributed by atoms with Gasteiger partial charge in [-0.2, -0.15) is 0 Å². The highest BCUT2D eigenvalue weighted by atomic mass is 79.9. The van der Waals surface area contributed by atoms with Gasteiger partial charge in [0.05, 0.1) is 23.8 Å². The van der Waals surface area contributed by atoms with Gasteiger partial charge < -0.3 is 10.5 Å². The second-order valence-corrected chi connectivity index (χ2v) is 4.59. The van der Waals surface area contributed by atoms with Gasteiger partial charge in [0.25, 0.3) is 0 Å². The van der Waals surface area contributed by atoms with Crippen LogP contribution in [0, 0.1) is 5.82 Å². The lowest BCUT2D eigenvalue weighted by Crippen LogP contribution is -2.15. The molecule has 1 aromatic carbocycles. The van der Waals surface area contributed by atoms with Gasteiger partial charge in [-0.05, 0) is 28.1 Å². The summed E-state index contributed by atoms with van der Waals surface area (Å²) in [6.07, 6.45) is 3.17. The topological polar surface area (TPSA) is 48.1 Å². The van der Waals surface area contributed by atoms with Crippen LogP contribution in [0.4, 0.5) is 4.39 Å². The summed E-state index contributed by atoms with van der Waals surface area (Å²) in [5.74, 6) is 0.188. The number of hydrogen-bond donors (Lipinski definition) is 1. The van der Waals surface area contributed by atoms with E-state index in [2.05, 4.69) is 20.9 Å². The van der Waals surface area contributed by atoms with Gasteiger partial charge in [0.15, 0.2) is 0 Å². The Bertz CT molecular complexity index is 562. The number of halogens is 2. The molecule has 0 aliphatic carbocycles. The zero-order valence-corrected chi connectivity index (χ0v) is 11.3. The summed E-state index contributed by atoms with van der Waals surface area (Å²) in [6, 6.07) is 6.17. The predicted octanol–water partition coefficient (Wildman–Crippen LogP) is 3.04. The maximum atomic E-state index is 14.0. The van der Waals surface area contributed by atoms with E-state index in [9.17, 15) is 4.39 Å². The summed E-state index contributed by atoms with van der Waals surface area (Å²) in [4.78, 5) is 3.95. The Morgan fingerprint density at radius 2 is 2.11 bits per heavy atom. The molecule has 0 fully saturated rings. The Morgan fingerprint density at radius 1 is 1.33 bits per heavy atom. The minimum atomic E-state index is -0.597. The zero-order valence-electron chi connectivity index (χ0n) is 9.73. The fourth-order valence-corrected chi connectivity index (χ4v) is 2.13. The average molecular weight is 311 g/mol. The van der Waals surface area contributed by atoms with Crippen molar-refractivity contribution in [2.24, 2.45) is 5.73 Å². The Balaban J connectivity index is 2.48. The molecule has 1 unspecified atom stereocenters. The Morgan fingerprint density at radius 3 is 2.83 bits per heavy atom. The van der Waals surface area contributed by atoms with Gasteiger partial charge in [-0.1, -0.05) is 12.1 Å². The second-order valence-electron chi connectivity index (χ2n) is 3.74. The number of ether oxygens (including phenoxy) is 1. The van der Waals surface area contributed by atoms with E-state index < -0.39 is 6.04 Å². The van der Waals surface area contributed by atoms with Crippen molar-refractivity contribution in [2.75, 3.05) is 7.11 Å². The third-order valence-corrected chi connectivity index (χ3v) is 3.30. The molecule has 1 atom stereocenters. The first-order valence-electron chi connectivity index (χ1n) is 5.32. The lowest BCUT2D eigenvalue weighted by atomic mass is 9.99. The molecule has 2 N–H and O–H groups in total. The van der Waals surface area contributed by atoms with Gasteiger partial charge in [0, 0.05) is 17.3 Å². The molecule has 0 amide bonds. The molecule has 2 aromatic rings. The van der Waals surface area contributed by atoms with E-state index in [0.29, 0.717) is 21.3 Å². The normalized spacial score (nSPS) is 12.2. The molecular formula is C13H12BrFN2O. The monoisotopic (exact) mass is 310 g/mol. The molecule has 0 aliphatic heterocycles. The molecule has 0 spiro atoms. The molecule has 2 rings (SSSR count). The maximum Gasteiger partial charge on any atom is 0.142 e. The van der Waals surface area contributed by atoms with E-state index in [0.717, 1.165) is 0 Å². The van der Waals surface area contributed by atoms with Gasteiger partial charge in [-0.3, -0.25) is 4.98 Å². The molecule has 1 aromatic heterocycles. The van der Waals surface area contributed by atoms with Crippen molar-refractivity contribution in [2.45, 2.75) is 6.04 Å². The molecule has 18 heavy (non-hydrogen) atoms. The highest BCUT2D eigenvalue weighted by Gasteiger charge is 2.18. The first kappa shape index (κ1) is 13.0. The molecule has 0 saturated carbocycles. The van der Waals surface area contributed by atoms with Crippen molar-refractivity contribution < 1.29 is 9.13 Å². The van der Waals surface area contributed by atoms with Crippen LogP contribution in [0.3, 0.4) is 0 Å². The number of hydrogen-bond acceptors (Lipinski definition) is 3. The molecule has 0 saturated heterocycles. The summed E-state index contributed by atoms with van der Waals surface area (Å²) in [5, 5.41) is 0. The van der Waals surface area contributed by atoms with Crippen molar-refractivity contribution in [1.29, 1.82) is 0 Å². The lowest BCUT2D eigenvalue weighted by Gasteiger charge is -2.16. The number of nitrogens with zero attached hydrogens (tertiary/aromatic N) is 1. The summed E-state index contributed by atoms with van der Waals surface area (Å²) >= 11 is 3.15. The van der Waals surface area contributed by atoms with E-state index in [4.69, 9.17) is 10.5 Å². The summed E-state index contributed by atoms with van der Waals surface area (Å²) < 4.78 is 19.6. The highest BCUT2D eigenvalue weighted by molar-refractivity contribution is 9.10. The van der Waals surface area contributed by atoms with Crippen LogP contribution in [0.25, 0.3) is 0 Å². The third kappa shape index (κ3) is 2.37. The highest BCUT2D eigenvalue weighted by Crippen LogP contribution is 2.30. The van der Waals surface area contributed by atoms with E-state index in [-0.39, 0.29) is 5.82 Å². The fraction of sp³-hybridized carbons (Fsp3) is 0.154. The standard InChI is InChI=1S/C13H12BrFN2O/c1-18-11-7-17-6-5-8(11)13(16)9-3-2-4-10(14)12(9)15/h2-7,13H,16H2,1H3. The third-order valence-electron chi connectivity index (χ3n) is 2.69. The number of rotatable bonds is 3. The van der Waals surface area contributed by atoms with Crippen LogP contribution in [0.1, 0.15) is 17.2 Å². The largest absolute Gasteiger partial charge is 0.495 e. The SMILES string of the molecule is COc1cnccc1C(N)c1cccc(Br)c1F. The maximum absolute atomic E-state index is 14.0. The Hall–Kier alpha value is -1.46. The summed E-state index contributed by atoms with van der Waals surface area (Å²) in [6.45, 7) is 0. The molecule has 0 aliphatic rings. The van der Waals surface area contributed by atoms with Crippen LogP contribution >= 0.6 is 15.9 Å². The minimum absolute atomic E-state index is 0.358. The van der Waals surface area contributed by atoms with Gasteiger partial charge >= 0.3 is 0 Å². The molecule has 0 radical (unpaired) electrons. The van der Waals surface area contributed by atoms with E-state index in [1.165, 1.54) is 7.11 Å². The molecule has 1 heterocycles. The lowest BCUT2D eigenvalue weighted by molar-refractivity contribution is 0.405. The number of aromatic nitrogens is 1. The minimum Gasteiger partial charge on any atom is -0.495 e. The second kappa shape index (κ2) is 5.46. The Kier molecular flexibility index (Phi) is 3.93.